The Labute approximate surface area is 94.7 Å². The molecule has 0 atom stereocenters. The molecule has 0 amide bonds. The van der Waals surface area contributed by atoms with Crippen LogP contribution in [-0.4, -0.2) is 16.2 Å². The fourth-order valence-corrected chi connectivity index (χ4v) is 1.35. The summed E-state index contributed by atoms with van der Waals surface area (Å²) in [4.78, 5) is 10.8. The van der Waals surface area contributed by atoms with Gasteiger partial charge in [0.25, 0.3) is 0 Å². The molecule has 1 aromatic heterocycles. The van der Waals surface area contributed by atoms with E-state index in [-0.39, 0.29) is 22.5 Å². The van der Waals surface area contributed by atoms with Crippen molar-refractivity contribution in [2.75, 3.05) is 0 Å². The lowest BCUT2D eigenvalue weighted by molar-refractivity contribution is 0.0697. The first-order valence-electron chi connectivity index (χ1n) is 4.51. The van der Waals surface area contributed by atoms with Gasteiger partial charge in [-0.25, -0.2) is 9.18 Å². The molecular weight excluding hydrogens is 227 g/mol. The number of aromatic carboxylic acids is 1. The van der Waals surface area contributed by atoms with Crippen LogP contribution in [0.5, 0.6) is 0 Å². The van der Waals surface area contributed by atoms with Crippen LogP contribution in [0.2, 0.25) is 0 Å². The van der Waals surface area contributed by atoms with Crippen LogP contribution < -0.4 is 0 Å². The summed E-state index contributed by atoms with van der Waals surface area (Å²) in [5.74, 6) is -1.88. The van der Waals surface area contributed by atoms with Crippen molar-refractivity contribution in [2.45, 2.75) is 0 Å². The fraction of sp³-hybridized carbons (Fsp3) is 0. The summed E-state index contributed by atoms with van der Waals surface area (Å²) < 4.78 is 17.9. The van der Waals surface area contributed by atoms with Crippen molar-refractivity contribution in [1.82, 2.24) is 5.16 Å². The molecule has 2 rings (SSSR count). The van der Waals surface area contributed by atoms with Crippen molar-refractivity contribution in [3.8, 4) is 17.4 Å². The van der Waals surface area contributed by atoms with Gasteiger partial charge in [-0.15, -0.1) is 0 Å². The number of halogens is 1. The Morgan fingerprint density at radius 2 is 2.29 bits per heavy atom. The number of carboxylic acids is 1. The molecule has 0 spiro atoms. The average Bonchev–Trinajstić information content (AvgIpc) is 2.78. The van der Waals surface area contributed by atoms with E-state index in [1.807, 2.05) is 0 Å². The van der Waals surface area contributed by atoms with Crippen molar-refractivity contribution in [3.05, 3.63) is 41.3 Å². The van der Waals surface area contributed by atoms with Gasteiger partial charge in [-0.2, -0.15) is 5.26 Å². The van der Waals surface area contributed by atoms with Gasteiger partial charge in [-0.1, -0.05) is 5.16 Å². The van der Waals surface area contributed by atoms with E-state index < -0.39 is 11.8 Å². The molecule has 0 saturated heterocycles. The minimum atomic E-state index is -1.20. The van der Waals surface area contributed by atoms with Crippen LogP contribution >= 0.6 is 0 Å². The first-order valence-corrected chi connectivity index (χ1v) is 4.51. The molecule has 0 aliphatic heterocycles. The van der Waals surface area contributed by atoms with Crippen molar-refractivity contribution in [2.24, 2.45) is 0 Å². The zero-order valence-corrected chi connectivity index (χ0v) is 8.35. The monoisotopic (exact) mass is 232 g/mol. The molecule has 2 aromatic rings. The molecular formula is C11H5FN2O3. The summed E-state index contributed by atoms with van der Waals surface area (Å²) >= 11 is 0. The van der Waals surface area contributed by atoms with Gasteiger partial charge < -0.3 is 9.63 Å². The van der Waals surface area contributed by atoms with Crippen molar-refractivity contribution in [3.63, 3.8) is 0 Å². The fourth-order valence-electron chi connectivity index (χ4n) is 1.35. The highest BCUT2D eigenvalue weighted by Gasteiger charge is 2.17. The molecule has 0 aliphatic carbocycles. The van der Waals surface area contributed by atoms with Gasteiger partial charge in [0.2, 0.25) is 0 Å². The molecule has 1 heterocycles. The first-order chi connectivity index (χ1) is 8.13. The Hall–Kier alpha value is -2.68. The van der Waals surface area contributed by atoms with E-state index in [4.69, 9.17) is 14.9 Å². The van der Waals surface area contributed by atoms with E-state index in [9.17, 15) is 9.18 Å². The van der Waals surface area contributed by atoms with Gasteiger partial charge >= 0.3 is 5.97 Å². The Balaban J connectivity index is 2.58. The lowest BCUT2D eigenvalue weighted by Gasteiger charge is -1.99. The Morgan fingerprint density at radius 3 is 2.94 bits per heavy atom. The summed E-state index contributed by atoms with van der Waals surface area (Å²) in [6, 6.07) is 5.27. The van der Waals surface area contributed by atoms with Crippen molar-refractivity contribution in [1.29, 1.82) is 5.26 Å². The normalized spacial score (nSPS) is 9.88. The summed E-state index contributed by atoms with van der Waals surface area (Å²) in [7, 11) is 0. The molecule has 0 aliphatic rings. The van der Waals surface area contributed by atoms with Gasteiger partial charge in [0.1, 0.15) is 17.4 Å². The third-order valence-electron chi connectivity index (χ3n) is 2.15. The van der Waals surface area contributed by atoms with E-state index in [2.05, 4.69) is 5.16 Å². The minimum Gasteiger partial charge on any atom is -0.477 e. The van der Waals surface area contributed by atoms with Crippen LogP contribution in [0.4, 0.5) is 4.39 Å². The number of carboxylic acid groups (broad SMARTS) is 1. The highest BCUT2D eigenvalue weighted by Crippen LogP contribution is 2.25. The maximum atomic E-state index is 13.1. The van der Waals surface area contributed by atoms with Gasteiger partial charge in [-0.3, -0.25) is 0 Å². The minimum absolute atomic E-state index is 0.00556. The number of hydrogen-bond acceptors (Lipinski definition) is 4. The maximum absolute atomic E-state index is 13.1. The second-order valence-electron chi connectivity index (χ2n) is 3.18. The summed E-state index contributed by atoms with van der Waals surface area (Å²) in [5.41, 5.74) is -0.0337. The number of hydrogen-bond donors (Lipinski definition) is 1. The van der Waals surface area contributed by atoms with Gasteiger partial charge in [-0.05, 0) is 18.2 Å². The van der Waals surface area contributed by atoms with Crippen molar-refractivity contribution < 1.29 is 18.8 Å². The van der Waals surface area contributed by atoms with Crippen LogP contribution in [-0.2, 0) is 0 Å². The summed E-state index contributed by atoms with van der Waals surface area (Å²) in [6.45, 7) is 0. The standard InChI is InChI=1S/C11H5FN2O3/c12-9-2-1-6(3-7(9)4-13)10-8(11(15)16)5-14-17-10/h1-3,5H,(H,15,16). The van der Waals surface area contributed by atoms with Crippen LogP contribution in [0.1, 0.15) is 15.9 Å². The Bertz CT molecular complexity index is 628. The number of benzene rings is 1. The molecule has 84 valence electrons. The number of aromatic nitrogens is 1. The second kappa shape index (κ2) is 4.06. The molecule has 1 N–H and O–H groups in total. The highest BCUT2D eigenvalue weighted by molar-refractivity contribution is 5.93. The number of nitrogens with zero attached hydrogens (tertiary/aromatic N) is 2. The zero-order chi connectivity index (χ0) is 12.4. The van der Waals surface area contributed by atoms with E-state index in [1.165, 1.54) is 12.1 Å². The van der Waals surface area contributed by atoms with Crippen LogP contribution in [0.3, 0.4) is 0 Å². The molecule has 0 saturated carbocycles. The summed E-state index contributed by atoms with van der Waals surface area (Å²) in [5, 5.41) is 20.9. The molecule has 0 fully saturated rings. The van der Waals surface area contributed by atoms with E-state index in [0.29, 0.717) is 0 Å². The largest absolute Gasteiger partial charge is 0.477 e. The first kappa shape index (κ1) is 10.8. The van der Waals surface area contributed by atoms with Gasteiger partial charge in [0.15, 0.2) is 5.76 Å². The van der Waals surface area contributed by atoms with E-state index in [0.717, 1.165) is 12.3 Å². The highest BCUT2D eigenvalue weighted by atomic mass is 19.1. The molecule has 17 heavy (non-hydrogen) atoms. The Kier molecular flexibility index (Phi) is 2.58. The van der Waals surface area contributed by atoms with Crippen LogP contribution in [0, 0.1) is 17.1 Å². The molecule has 0 unspecified atom stereocenters. The third kappa shape index (κ3) is 1.86. The van der Waals surface area contributed by atoms with Gasteiger partial charge in [0, 0.05) is 5.56 Å². The quantitative estimate of drug-likeness (QED) is 0.856. The summed E-state index contributed by atoms with van der Waals surface area (Å²) in [6.07, 6.45) is 1.05. The van der Waals surface area contributed by atoms with E-state index in [1.54, 1.807) is 6.07 Å². The molecule has 0 bridgehead atoms. The van der Waals surface area contributed by atoms with Crippen LogP contribution in [0.25, 0.3) is 11.3 Å². The smallest absolute Gasteiger partial charge is 0.341 e. The maximum Gasteiger partial charge on any atom is 0.341 e. The molecule has 0 radical (unpaired) electrons. The van der Waals surface area contributed by atoms with Crippen LogP contribution in [0.15, 0.2) is 28.9 Å². The molecule has 5 nitrogen and oxygen atoms in total. The lowest BCUT2D eigenvalue weighted by Crippen LogP contribution is -1.96. The van der Waals surface area contributed by atoms with Crippen molar-refractivity contribution >= 4 is 5.97 Å². The SMILES string of the molecule is N#Cc1cc(-c2oncc2C(=O)O)ccc1F. The van der Waals surface area contributed by atoms with E-state index >= 15 is 0 Å². The third-order valence-corrected chi connectivity index (χ3v) is 2.15. The predicted octanol–water partition coefficient (Wildman–Crippen LogP) is 2.05. The molecule has 6 heteroatoms. The average molecular weight is 232 g/mol. The predicted molar refractivity (Wildman–Crippen MR) is 53.6 cm³/mol. The topological polar surface area (TPSA) is 87.1 Å². The number of nitriles is 1. The zero-order valence-electron chi connectivity index (χ0n) is 8.35. The van der Waals surface area contributed by atoms with Gasteiger partial charge in [0.05, 0.1) is 11.8 Å². The Morgan fingerprint density at radius 1 is 1.53 bits per heavy atom. The second-order valence-corrected chi connectivity index (χ2v) is 3.18. The lowest BCUT2D eigenvalue weighted by atomic mass is 10.1. The molecule has 1 aromatic carbocycles. The number of carbonyl (C=O) groups is 1. The number of rotatable bonds is 2.